The average molecular weight is 369 g/mol. The lowest BCUT2D eigenvalue weighted by Crippen LogP contribution is -1.97. The van der Waals surface area contributed by atoms with Crippen molar-refractivity contribution in [3.63, 3.8) is 0 Å². The topological polar surface area (TPSA) is 43.8 Å². The van der Waals surface area contributed by atoms with E-state index in [-0.39, 0.29) is 0 Å². The summed E-state index contributed by atoms with van der Waals surface area (Å²) < 4.78 is 2.61. The molecule has 3 aromatic rings. The number of nitrogens with zero attached hydrogens (tertiary/aromatic N) is 2. The number of rotatable bonds is 2. The average Bonchev–Trinajstić information content (AvgIpc) is 2.98. The molecule has 0 aliphatic rings. The SMILES string of the molecule is Cn1nc(-c2cc(Cl)cc(Br)c2)c(-c2cccs2)c1N. The molecule has 6 heteroatoms. The zero-order valence-electron chi connectivity index (χ0n) is 10.6. The van der Waals surface area contributed by atoms with Crippen LogP contribution in [0.15, 0.2) is 40.2 Å². The van der Waals surface area contributed by atoms with Crippen LogP contribution in [-0.4, -0.2) is 9.78 Å². The van der Waals surface area contributed by atoms with Gasteiger partial charge in [0.2, 0.25) is 0 Å². The molecule has 0 amide bonds. The number of hydrogen-bond acceptors (Lipinski definition) is 3. The molecule has 0 aliphatic heterocycles. The van der Waals surface area contributed by atoms with Crippen LogP contribution >= 0.6 is 38.9 Å². The minimum absolute atomic E-state index is 0.651. The van der Waals surface area contributed by atoms with Gasteiger partial charge in [-0.25, -0.2) is 0 Å². The summed E-state index contributed by atoms with van der Waals surface area (Å²) in [5.74, 6) is 0.651. The third-order valence-corrected chi connectivity index (χ3v) is 4.56. The first kappa shape index (κ1) is 13.7. The molecule has 2 N–H and O–H groups in total. The Morgan fingerprint density at radius 2 is 2.15 bits per heavy atom. The van der Waals surface area contributed by atoms with Crippen LogP contribution in [-0.2, 0) is 7.05 Å². The first-order chi connectivity index (χ1) is 9.56. The van der Waals surface area contributed by atoms with Crippen molar-refractivity contribution in [1.29, 1.82) is 0 Å². The van der Waals surface area contributed by atoms with Gasteiger partial charge in [-0.1, -0.05) is 33.6 Å². The summed E-state index contributed by atoms with van der Waals surface area (Å²) in [6.07, 6.45) is 0. The smallest absolute Gasteiger partial charge is 0.130 e. The minimum atomic E-state index is 0.651. The van der Waals surface area contributed by atoms with Crippen LogP contribution in [0.3, 0.4) is 0 Å². The summed E-state index contributed by atoms with van der Waals surface area (Å²) in [5.41, 5.74) is 8.91. The zero-order valence-corrected chi connectivity index (χ0v) is 13.8. The Labute approximate surface area is 134 Å². The van der Waals surface area contributed by atoms with E-state index in [1.54, 1.807) is 16.0 Å². The molecule has 0 radical (unpaired) electrons. The third kappa shape index (κ3) is 2.37. The quantitative estimate of drug-likeness (QED) is 0.705. The fourth-order valence-corrected chi connectivity index (χ4v) is 3.73. The van der Waals surface area contributed by atoms with Gasteiger partial charge in [0.15, 0.2) is 0 Å². The van der Waals surface area contributed by atoms with E-state index < -0.39 is 0 Å². The summed E-state index contributed by atoms with van der Waals surface area (Å²) in [4.78, 5) is 1.10. The Kier molecular flexibility index (Phi) is 3.58. The molecule has 2 aromatic heterocycles. The fraction of sp³-hybridized carbons (Fsp3) is 0.0714. The molecule has 0 bridgehead atoms. The number of aryl methyl sites for hydroxylation is 1. The van der Waals surface area contributed by atoms with Crippen LogP contribution in [0.5, 0.6) is 0 Å². The Hall–Kier alpha value is -1.30. The van der Waals surface area contributed by atoms with E-state index in [1.165, 1.54) is 0 Å². The highest BCUT2D eigenvalue weighted by molar-refractivity contribution is 9.10. The van der Waals surface area contributed by atoms with Crippen molar-refractivity contribution >= 4 is 44.7 Å². The number of nitrogens with two attached hydrogens (primary N) is 1. The molecule has 0 saturated carbocycles. The van der Waals surface area contributed by atoms with Crippen molar-refractivity contribution in [3.8, 4) is 21.7 Å². The molecular formula is C14H11BrClN3S. The molecule has 0 spiro atoms. The molecule has 0 aliphatic carbocycles. The van der Waals surface area contributed by atoms with Gasteiger partial charge in [-0.3, -0.25) is 4.68 Å². The second-order valence-corrected chi connectivity index (χ2v) is 6.67. The molecule has 2 heterocycles. The monoisotopic (exact) mass is 367 g/mol. The van der Waals surface area contributed by atoms with Crippen LogP contribution in [0.2, 0.25) is 5.02 Å². The number of halogens is 2. The van der Waals surface area contributed by atoms with Crippen molar-refractivity contribution in [2.45, 2.75) is 0 Å². The molecule has 3 rings (SSSR count). The highest BCUT2D eigenvalue weighted by atomic mass is 79.9. The maximum Gasteiger partial charge on any atom is 0.130 e. The Morgan fingerprint density at radius 3 is 2.80 bits per heavy atom. The number of hydrogen-bond donors (Lipinski definition) is 1. The maximum absolute atomic E-state index is 6.17. The van der Waals surface area contributed by atoms with Crippen LogP contribution in [0.25, 0.3) is 21.7 Å². The van der Waals surface area contributed by atoms with Crippen molar-refractivity contribution in [2.75, 3.05) is 5.73 Å². The number of aromatic nitrogens is 2. The molecule has 20 heavy (non-hydrogen) atoms. The van der Waals surface area contributed by atoms with Crippen LogP contribution in [0.4, 0.5) is 5.82 Å². The normalized spacial score (nSPS) is 10.9. The van der Waals surface area contributed by atoms with Gasteiger partial charge in [-0.15, -0.1) is 11.3 Å². The van der Waals surface area contributed by atoms with Gasteiger partial charge >= 0.3 is 0 Å². The molecule has 3 nitrogen and oxygen atoms in total. The van der Waals surface area contributed by atoms with E-state index in [2.05, 4.69) is 21.0 Å². The van der Waals surface area contributed by atoms with Crippen LogP contribution in [0, 0.1) is 0 Å². The van der Waals surface area contributed by atoms with Gasteiger partial charge in [-0.05, 0) is 29.6 Å². The van der Waals surface area contributed by atoms with E-state index >= 15 is 0 Å². The fourth-order valence-electron chi connectivity index (χ4n) is 2.09. The Morgan fingerprint density at radius 1 is 1.35 bits per heavy atom. The third-order valence-electron chi connectivity index (χ3n) is 3.00. The Bertz CT molecular complexity index is 745. The van der Waals surface area contributed by atoms with Gasteiger partial charge in [0.05, 0.1) is 5.56 Å². The molecule has 0 saturated heterocycles. The summed E-state index contributed by atoms with van der Waals surface area (Å²) >= 11 is 11.2. The molecule has 0 unspecified atom stereocenters. The van der Waals surface area contributed by atoms with Gasteiger partial charge < -0.3 is 5.73 Å². The lowest BCUT2D eigenvalue weighted by atomic mass is 10.1. The Balaban J connectivity index is 2.26. The van der Waals surface area contributed by atoms with Gasteiger partial charge in [0.25, 0.3) is 0 Å². The second kappa shape index (κ2) is 5.24. The summed E-state index contributed by atoms with van der Waals surface area (Å²) in [7, 11) is 1.84. The number of nitrogen functional groups attached to an aromatic ring is 1. The molecular weight excluding hydrogens is 358 g/mol. The van der Waals surface area contributed by atoms with Crippen molar-refractivity contribution in [3.05, 3.63) is 45.2 Å². The highest BCUT2D eigenvalue weighted by Gasteiger charge is 2.18. The van der Waals surface area contributed by atoms with Gasteiger partial charge in [0.1, 0.15) is 11.5 Å². The van der Waals surface area contributed by atoms with E-state index in [0.717, 1.165) is 26.2 Å². The number of thiophene rings is 1. The minimum Gasteiger partial charge on any atom is -0.383 e. The van der Waals surface area contributed by atoms with Gasteiger partial charge in [-0.2, -0.15) is 5.10 Å². The number of anilines is 1. The van der Waals surface area contributed by atoms with Crippen molar-refractivity contribution in [2.24, 2.45) is 7.05 Å². The predicted octanol–water partition coefficient (Wildman–Crippen LogP) is 4.81. The maximum atomic E-state index is 6.17. The van der Waals surface area contributed by atoms with Crippen LogP contribution in [0.1, 0.15) is 0 Å². The highest BCUT2D eigenvalue weighted by Crippen LogP contribution is 2.39. The van der Waals surface area contributed by atoms with E-state index in [4.69, 9.17) is 17.3 Å². The van der Waals surface area contributed by atoms with Gasteiger partial charge in [0, 0.05) is 27.0 Å². The summed E-state index contributed by atoms with van der Waals surface area (Å²) in [5, 5.41) is 7.23. The summed E-state index contributed by atoms with van der Waals surface area (Å²) in [6, 6.07) is 9.78. The largest absolute Gasteiger partial charge is 0.383 e. The predicted molar refractivity (Wildman–Crippen MR) is 89.1 cm³/mol. The second-order valence-electron chi connectivity index (χ2n) is 4.37. The molecule has 1 aromatic carbocycles. The lowest BCUT2D eigenvalue weighted by Gasteiger charge is -2.03. The summed E-state index contributed by atoms with van der Waals surface area (Å²) in [6.45, 7) is 0. The van der Waals surface area contributed by atoms with E-state index in [0.29, 0.717) is 10.8 Å². The lowest BCUT2D eigenvalue weighted by molar-refractivity contribution is 0.782. The number of benzene rings is 1. The van der Waals surface area contributed by atoms with Crippen molar-refractivity contribution < 1.29 is 0 Å². The van der Waals surface area contributed by atoms with E-state index in [9.17, 15) is 0 Å². The van der Waals surface area contributed by atoms with E-state index in [1.807, 2.05) is 42.8 Å². The zero-order chi connectivity index (χ0) is 14.3. The molecule has 0 atom stereocenters. The molecule has 102 valence electrons. The first-order valence-electron chi connectivity index (χ1n) is 5.89. The standard InChI is InChI=1S/C14H11BrClN3S/c1-19-14(17)12(11-3-2-4-20-11)13(18-19)8-5-9(15)7-10(16)6-8/h2-7H,17H2,1H3. The van der Waals surface area contributed by atoms with Crippen molar-refractivity contribution in [1.82, 2.24) is 9.78 Å². The first-order valence-corrected chi connectivity index (χ1v) is 7.94. The van der Waals surface area contributed by atoms with Crippen LogP contribution < -0.4 is 5.73 Å². The molecule has 0 fully saturated rings.